The number of benzene rings is 2. The van der Waals surface area contributed by atoms with Crippen LogP contribution in [0.15, 0.2) is 53.1 Å². The standard InChI is InChI=1S/C21H18BrN5O3/c1-26-19-13(12-27(21(26)28)16-5-3-2-4-15(16)22)11-23-20(25-19)24-14-6-7-17-18(10-14)30-9-8-29-17/h2-7,10-11H,8-9,12H2,1H3,(H,23,24,25). The lowest BCUT2D eigenvalue weighted by atomic mass is 10.2. The molecular formula is C21H18BrN5O3. The van der Waals surface area contributed by atoms with Crippen molar-refractivity contribution in [3.63, 3.8) is 0 Å². The highest BCUT2D eigenvalue weighted by Gasteiger charge is 2.31. The summed E-state index contributed by atoms with van der Waals surface area (Å²) in [5.41, 5.74) is 2.44. The van der Waals surface area contributed by atoms with Crippen LogP contribution in [0.3, 0.4) is 0 Å². The molecule has 8 nitrogen and oxygen atoms in total. The van der Waals surface area contributed by atoms with Gasteiger partial charge >= 0.3 is 6.03 Å². The second kappa shape index (κ2) is 7.49. The van der Waals surface area contributed by atoms with E-state index >= 15 is 0 Å². The third-order valence-corrected chi connectivity index (χ3v) is 5.62. The number of amides is 2. The van der Waals surface area contributed by atoms with Crippen LogP contribution in [-0.2, 0) is 6.54 Å². The second-order valence-corrected chi connectivity index (χ2v) is 7.76. The van der Waals surface area contributed by atoms with Gasteiger partial charge in [0.25, 0.3) is 0 Å². The molecule has 2 aliphatic heterocycles. The lowest BCUT2D eigenvalue weighted by Crippen LogP contribution is -2.46. The molecule has 9 heteroatoms. The zero-order valence-corrected chi connectivity index (χ0v) is 17.7. The van der Waals surface area contributed by atoms with Gasteiger partial charge in [0.1, 0.15) is 19.0 Å². The normalized spacial score (nSPS) is 15.1. The van der Waals surface area contributed by atoms with Gasteiger partial charge in [0.05, 0.1) is 12.2 Å². The Morgan fingerprint density at radius 3 is 2.73 bits per heavy atom. The molecule has 3 aromatic rings. The van der Waals surface area contributed by atoms with Crippen molar-refractivity contribution in [3.8, 4) is 11.5 Å². The number of rotatable bonds is 3. The van der Waals surface area contributed by atoms with E-state index in [4.69, 9.17) is 9.47 Å². The van der Waals surface area contributed by atoms with Crippen molar-refractivity contribution >= 4 is 45.1 Å². The van der Waals surface area contributed by atoms with Crippen molar-refractivity contribution in [3.05, 3.63) is 58.7 Å². The second-order valence-electron chi connectivity index (χ2n) is 6.91. The number of ether oxygens (including phenoxy) is 2. The highest BCUT2D eigenvalue weighted by atomic mass is 79.9. The molecule has 0 atom stereocenters. The van der Waals surface area contributed by atoms with Crippen LogP contribution in [0.1, 0.15) is 5.56 Å². The highest BCUT2D eigenvalue weighted by molar-refractivity contribution is 9.10. The van der Waals surface area contributed by atoms with E-state index in [2.05, 4.69) is 31.2 Å². The van der Waals surface area contributed by atoms with Gasteiger partial charge in [-0.3, -0.25) is 9.80 Å². The minimum absolute atomic E-state index is 0.154. The quantitative estimate of drug-likeness (QED) is 0.617. The fourth-order valence-corrected chi connectivity index (χ4v) is 3.98. The molecule has 0 bridgehead atoms. The smallest absolute Gasteiger partial charge is 0.330 e. The van der Waals surface area contributed by atoms with E-state index in [0.29, 0.717) is 37.3 Å². The van der Waals surface area contributed by atoms with E-state index in [0.717, 1.165) is 27.2 Å². The first-order chi connectivity index (χ1) is 14.6. The number of nitrogens with one attached hydrogen (secondary N) is 1. The van der Waals surface area contributed by atoms with Crippen LogP contribution < -0.4 is 24.6 Å². The number of fused-ring (bicyclic) bond motifs is 2. The van der Waals surface area contributed by atoms with E-state index in [1.165, 1.54) is 4.90 Å². The maximum Gasteiger partial charge on any atom is 0.330 e. The SMILES string of the molecule is CN1C(=O)N(c2ccccc2Br)Cc2cnc(Nc3ccc4c(c3)OCCO4)nc21. The minimum atomic E-state index is -0.154. The van der Waals surface area contributed by atoms with Crippen LogP contribution >= 0.6 is 15.9 Å². The largest absolute Gasteiger partial charge is 0.486 e. The summed E-state index contributed by atoms with van der Waals surface area (Å²) >= 11 is 3.52. The molecule has 1 aromatic heterocycles. The third-order valence-electron chi connectivity index (χ3n) is 4.95. The Kier molecular flexibility index (Phi) is 4.66. The molecule has 1 N–H and O–H groups in total. The zero-order chi connectivity index (χ0) is 20.7. The van der Waals surface area contributed by atoms with Crippen molar-refractivity contribution in [1.29, 1.82) is 0 Å². The van der Waals surface area contributed by atoms with E-state index < -0.39 is 0 Å². The topological polar surface area (TPSA) is 79.8 Å². The molecular weight excluding hydrogens is 450 g/mol. The Labute approximate surface area is 181 Å². The van der Waals surface area contributed by atoms with Crippen molar-refractivity contribution in [2.24, 2.45) is 0 Å². The predicted octanol–water partition coefficient (Wildman–Crippen LogP) is 4.33. The summed E-state index contributed by atoms with van der Waals surface area (Å²) in [5.74, 6) is 2.38. The van der Waals surface area contributed by atoms with E-state index in [1.807, 2.05) is 42.5 Å². The monoisotopic (exact) mass is 467 g/mol. The lowest BCUT2D eigenvalue weighted by molar-refractivity contribution is 0.171. The van der Waals surface area contributed by atoms with Crippen molar-refractivity contribution in [2.75, 3.05) is 35.4 Å². The first-order valence-corrected chi connectivity index (χ1v) is 10.2. The van der Waals surface area contributed by atoms with Crippen molar-refractivity contribution in [2.45, 2.75) is 6.54 Å². The van der Waals surface area contributed by atoms with Gasteiger partial charge in [-0.2, -0.15) is 4.98 Å². The number of aromatic nitrogens is 2. The summed E-state index contributed by atoms with van der Waals surface area (Å²) in [6.45, 7) is 1.46. The fraction of sp³-hybridized carbons (Fsp3) is 0.190. The molecule has 152 valence electrons. The summed E-state index contributed by atoms with van der Waals surface area (Å²) in [6, 6.07) is 13.0. The number of para-hydroxylation sites is 1. The number of hydrogen-bond acceptors (Lipinski definition) is 6. The minimum Gasteiger partial charge on any atom is -0.486 e. The molecule has 0 aliphatic carbocycles. The Hall–Kier alpha value is -3.33. The predicted molar refractivity (Wildman–Crippen MR) is 117 cm³/mol. The van der Waals surface area contributed by atoms with Crippen LogP contribution in [-0.4, -0.2) is 36.3 Å². The fourth-order valence-electron chi connectivity index (χ4n) is 3.48. The molecule has 0 saturated heterocycles. The number of nitrogens with zero attached hydrogens (tertiary/aromatic N) is 4. The van der Waals surface area contributed by atoms with E-state index in [-0.39, 0.29) is 6.03 Å². The Balaban J connectivity index is 1.42. The van der Waals surface area contributed by atoms with Crippen molar-refractivity contribution in [1.82, 2.24) is 9.97 Å². The zero-order valence-electron chi connectivity index (χ0n) is 16.1. The molecule has 0 radical (unpaired) electrons. The lowest BCUT2D eigenvalue weighted by Gasteiger charge is -2.34. The average molecular weight is 468 g/mol. The van der Waals surface area contributed by atoms with Gasteiger partial charge in [-0.15, -0.1) is 0 Å². The number of carbonyl (C=O) groups excluding carboxylic acids is 1. The van der Waals surface area contributed by atoms with Crippen LogP contribution in [0.2, 0.25) is 0 Å². The Morgan fingerprint density at radius 2 is 1.90 bits per heavy atom. The van der Waals surface area contributed by atoms with Crippen LogP contribution in [0.25, 0.3) is 0 Å². The van der Waals surface area contributed by atoms with Gasteiger partial charge in [-0.05, 0) is 40.2 Å². The van der Waals surface area contributed by atoms with Gasteiger partial charge in [0.15, 0.2) is 11.5 Å². The van der Waals surface area contributed by atoms with Gasteiger partial charge in [0, 0.05) is 35.0 Å². The number of halogens is 1. The van der Waals surface area contributed by atoms with Gasteiger partial charge in [-0.25, -0.2) is 9.78 Å². The third kappa shape index (κ3) is 3.30. The Morgan fingerprint density at radius 1 is 1.10 bits per heavy atom. The summed E-state index contributed by atoms with van der Waals surface area (Å²) in [4.78, 5) is 25.2. The number of hydrogen-bond donors (Lipinski definition) is 1. The van der Waals surface area contributed by atoms with Crippen LogP contribution in [0.4, 0.5) is 27.9 Å². The molecule has 30 heavy (non-hydrogen) atoms. The van der Waals surface area contributed by atoms with Gasteiger partial charge in [0.2, 0.25) is 5.95 Å². The molecule has 0 fully saturated rings. The Bertz CT molecular complexity index is 1140. The summed E-state index contributed by atoms with van der Waals surface area (Å²) in [7, 11) is 1.71. The molecule has 2 amide bonds. The first kappa shape index (κ1) is 18.7. The molecule has 3 heterocycles. The van der Waals surface area contributed by atoms with Crippen LogP contribution in [0, 0.1) is 0 Å². The molecule has 0 spiro atoms. The summed E-state index contributed by atoms with van der Waals surface area (Å²) < 4.78 is 12.0. The van der Waals surface area contributed by atoms with E-state index in [9.17, 15) is 4.79 Å². The first-order valence-electron chi connectivity index (χ1n) is 9.42. The number of carbonyl (C=O) groups is 1. The van der Waals surface area contributed by atoms with Gasteiger partial charge in [-0.1, -0.05) is 12.1 Å². The number of urea groups is 1. The molecule has 0 saturated carbocycles. The van der Waals surface area contributed by atoms with E-state index in [1.54, 1.807) is 18.1 Å². The molecule has 2 aliphatic rings. The average Bonchev–Trinajstić information content (AvgIpc) is 2.77. The number of anilines is 4. The maximum atomic E-state index is 13.0. The van der Waals surface area contributed by atoms with Crippen molar-refractivity contribution < 1.29 is 14.3 Å². The van der Waals surface area contributed by atoms with Crippen LogP contribution in [0.5, 0.6) is 11.5 Å². The summed E-state index contributed by atoms with van der Waals surface area (Å²) in [6.07, 6.45) is 1.75. The van der Waals surface area contributed by atoms with Gasteiger partial charge < -0.3 is 14.8 Å². The molecule has 2 aromatic carbocycles. The molecule has 0 unspecified atom stereocenters. The molecule has 5 rings (SSSR count). The maximum absolute atomic E-state index is 13.0. The summed E-state index contributed by atoms with van der Waals surface area (Å²) in [5, 5.41) is 3.17. The highest BCUT2D eigenvalue weighted by Crippen LogP contribution is 2.35.